The fraction of sp³-hybridized carbons (Fsp3) is 0.231. The molecule has 2 rings (SSSR count). The Hall–Kier alpha value is -2.30. The summed E-state index contributed by atoms with van der Waals surface area (Å²) in [5.41, 5.74) is 0.515. The highest BCUT2D eigenvalue weighted by Gasteiger charge is 2.06. The molecule has 18 heavy (non-hydrogen) atoms. The summed E-state index contributed by atoms with van der Waals surface area (Å²) in [5.74, 6) is 0.378. The van der Waals surface area contributed by atoms with Gasteiger partial charge in [0.15, 0.2) is 0 Å². The van der Waals surface area contributed by atoms with Gasteiger partial charge in [-0.15, -0.1) is 0 Å². The molecule has 2 aromatic rings. The minimum atomic E-state index is -0.335. The van der Waals surface area contributed by atoms with Crippen molar-refractivity contribution in [1.82, 2.24) is 9.55 Å². The lowest BCUT2D eigenvalue weighted by molar-refractivity contribution is 0.0491. The average Bonchev–Trinajstić information content (AvgIpc) is 2.92. The molecule has 0 saturated carbocycles. The first-order valence-electron chi connectivity index (χ1n) is 5.56. The molecule has 0 saturated heterocycles. The van der Waals surface area contributed by atoms with Gasteiger partial charge < -0.3 is 14.0 Å². The van der Waals surface area contributed by atoms with E-state index in [4.69, 9.17) is 9.47 Å². The molecule has 0 bridgehead atoms. The molecule has 5 heteroatoms. The molecule has 5 nitrogen and oxygen atoms in total. The summed E-state index contributed by atoms with van der Waals surface area (Å²) in [7, 11) is 1.58. The van der Waals surface area contributed by atoms with Crippen LogP contribution in [0.4, 0.5) is 0 Å². The molecule has 1 aromatic heterocycles. The molecule has 1 heterocycles. The van der Waals surface area contributed by atoms with Crippen LogP contribution in [-0.4, -0.2) is 29.2 Å². The maximum atomic E-state index is 11.7. The molecule has 0 fully saturated rings. The number of esters is 1. The number of ether oxygens (including phenoxy) is 2. The van der Waals surface area contributed by atoms with Crippen molar-refractivity contribution in [3.05, 3.63) is 48.5 Å². The molecule has 0 atom stereocenters. The van der Waals surface area contributed by atoms with Crippen LogP contribution in [0.3, 0.4) is 0 Å². The predicted octanol–water partition coefficient (Wildman–Crippen LogP) is 1.75. The number of nitrogens with zero attached hydrogens (tertiary/aromatic N) is 2. The Kier molecular flexibility index (Phi) is 3.96. The van der Waals surface area contributed by atoms with Crippen molar-refractivity contribution in [3.63, 3.8) is 0 Å². The third-order valence-corrected chi connectivity index (χ3v) is 2.47. The number of hydrogen-bond acceptors (Lipinski definition) is 4. The van der Waals surface area contributed by atoms with Gasteiger partial charge in [0, 0.05) is 12.4 Å². The van der Waals surface area contributed by atoms with E-state index in [1.165, 1.54) is 0 Å². The standard InChI is InChI=1S/C13H14N2O3/c1-17-12-4-2-11(3-5-12)13(16)18-9-8-15-7-6-14-10-15/h2-7,10H,8-9H2,1H3. The zero-order valence-electron chi connectivity index (χ0n) is 10.1. The van der Waals surface area contributed by atoms with Gasteiger partial charge in [0.05, 0.1) is 25.5 Å². The first-order valence-corrected chi connectivity index (χ1v) is 5.56. The highest BCUT2D eigenvalue weighted by molar-refractivity contribution is 5.89. The van der Waals surface area contributed by atoms with Gasteiger partial charge >= 0.3 is 5.97 Å². The van der Waals surface area contributed by atoms with Gasteiger partial charge in [0.1, 0.15) is 12.4 Å². The lowest BCUT2D eigenvalue weighted by Crippen LogP contribution is -2.10. The largest absolute Gasteiger partial charge is 0.497 e. The summed E-state index contributed by atoms with van der Waals surface area (Å²) in [6.45, 7) is 0.920. The topological polar surface area (TPSA) is 53.4 Å². The van der Waals surface area contributed by atoms with E-state index in [0.29, 0.717) is 24.5 Å². The Balaban J connectivity index is 1.83. The second kappa shape index (κ2) is 5.86. The predicted molar refractivity (Wildman–Crippen MR) is 65.5 cm³/mol. The normalized spacial score (nSPS) is 10.1. The van der Waals surface area contributed by atoms with Crippen molar-refractivity contribution in [3.8, 4) is 5.75 Å². The van der Waals surface area contributed by atoms with Crippen molar-refractivity contribution >= 4 is 5.97 Å². The van der Waals surface area contributed by atoms with E-state index in [0.717, 1.165) is 0 Å². The average molecular weight is 246 g/mol. The third kappa shape index (κ3) is 3.10. The SMILES string of the molecule is COc1ccc(C(=O)OCCn2ccnc2)cc1. The number of carbonyl (C=O) groups excluding carboxylic acids is 1. The van der Waals surface area contributed by atoms with E-state index in [1.54, 1.807) is 43.9 Å². The quantitative estimate of drug-likeness (QED) is 0.754. The second-order valence-corrected chi connectivity index (χ2v) is 3.66. The Morgan fingerprint density at radius 3 is 2.72 bits per heavy atom. The van der Waals surface area contributed by atoms with E-state index < -0.39 is 0 Å². The van der Waals surface area contributed by atoms with Crippen LogP contribution in [0.1, 0.15) is 10.4 Å². The zero-order chi connectivity index (χ0) is 12.8. The van der Waals surface area contributed by atoms with Crippen molar-refractivity contribution in [2.45, 2.75) is 6.54 Å². The van der Waals surface area contributed by atoms with Gasteiger partial charge in [0.25, 0.3) is 0 Å². The minimum Gasteiger partial charge on any atom is -0.497 e. The first kappa shape index (κ1) is 12.2. The number of methoxy groups -OCH3 is 1. The monoisotopic (exact) mass is 246 g/mol. The Morgan fingerprint density at radius 2 is 2.11 bits per heavy atom. The minimum absolute atomic E-state index is 0.321. The molecule has 0 aliphatic carbocycles. The van der Waals surface area contributed by atoms with Crippen LogP contribution >= 0.6 is 0 Å². The van der Waals surface area contributed by atoms with Gasteiger partial charge in [-0.2, -0.15) is 0 Å². The fourth-order valence-corrected chi connectivity index (χ4v) is 1.47. The van der Waals surface area contributed by atoms with Gasteiger partial charge in [0.2, 0.25) is 0 Å². The highest BCUT2D eigenvalue weighted by Crippen LogP contribution is 2.11. The summed E-state index contributed by atoms with van der Waals surface area (Å²) in [6.07, 6.45) is 5.19. The third-order valence-electron chi connectivity index (χ3n) is 2.47. The number of rotatable bonds is 5. The second-order valence-electron chi connectivity index (χ2n) is 3.66. The molecular formula is C13H14N2O3. The molecule has 94 valence electrons. The van der Waals surface area contributed by atoms with Gasteiger partial charge in [-0.25, -0.2) is 9.78 Å². The maximum absolute atomic E-state index is 11.7. The maximum Gasteiger partial charge on any atom is 0.338 e. The summed E-state index contributed by atoms with van der Waals surface area (Å²) >= 11 is 0. The zero-order valence-corrected chi connectivity index (χ0v) is 10.1. The molecule has 0 aliphatic heterocycles. The Labute approximate surface area is 105 Å². The van der Waals surface area contributed by atoms with E-state index in [-0.39, 0.29) is 5.97 Å². The van der Waals surface area contributed by atoms with Crippen molar-refractivity contribution < 1.29 is 14.3 Å². The Bertz CT molecular complexity index is 491. The Morgan fingerprint density at radius 1 is 1.33 bits per heavy atom. The summed E-state index contributed by atoms with van der Waals surface area (Å²) in [4.78, 5) is 15.6. The van der Waals surface area contributed by atoms with Crippen LogP contribution in [0.2, 0.25) is 0 Å². The van der Waals surface area contributed by atoms with Crippen LogP contribution in [-0.2, 0) is 11.3 Å². The van der Waals surface area contributed by atoms with Crippen molar-refractivity contribution in [2.75, 3.05) is 13.7 Å². The van der Waals surface area contributed by atoms with E-state index >= 15 is 0 Å². The number of hydrogen-bond donors (Lipinski definition) is 0. The molecular weight excluding hydrogens is 232 g/mol. The molecule has 1 aromatic carbocycles. The van der Waals surface area contributed by atoms with Gasteiger partial charge in [-0.3, -0.25) is 0 Å². The van der Waals surface area contributed by atoms with Crippen LogP contribution in [0.5, 0.6) is 5.75 Å². The van der Waals surface area contributed by atoms with Crippen molar-refractivity contribution in [1.29, 1.82) is 0 Å². The van der Waals surface area contributed by atoms with Gasteiger partial charge in [-0.1, -0.05) is 0 Å². The summed E-state index contributed by atoms with van der Waals surface area (Å²) < 4.78 is 12.0. The number of imidazole rings is 1. The van der Waals surface area contributed by atoms with Crippen molar-refractivity contribution in [2.24, 2.45) is 0 Å². The highest BCUT2D eigenvalue weighted by atomic mass is 16.5. The van der Waals surface area contributed by atoms with Gasteiger partial charge in [-0.05, 0) is 24.3 Å². The number of benzene rings is 1. The fourth-order valence-electron chi connectivity index (χ4n) is 1.47. The van der Waals surface area contributed by atoms with Crippen LogP contribution in [0, 0.1) is 0 Å². The number of carbonyl (C=O) groups is 1. The summed E-state index contributed by atoms with van der Waals surface area (Å²) in [5, 5.41) is 0. The molecule has 0 spiro atoms. The lowest BCUT2D eigenvalue weighted by atomic mass is 10.2. The summed E-state index contributed by atoms with van der Waals surface area (Å²) in [6, 6.07) is 6.82. The lowest BCUT2D eigenvalue weighted by Gasteiger charge is -2.06. The van der Waals surface area contributed by atoms with E-state index in [2.05, 4.69) is 4.98 Å². The smallest absolute Gasteiger partial charge is 0.338 e. The van der Waals surface area contributed by atoms with Crippen LogP contribution < -0.4 is 4.74 Å². The molecule has 0 N–H and O–H groups in total. The first-order chi connectivity index (χ1) is 8.79. The van der Waals surface area contributed by atoms with E-state index in [9.17, 15) is 4.79 Å². The molecule has 0 unspecified atom stereocenters. The molecule has 0 aliphatic rings. The molecule has 0 radical (unpaired) electrons. The van der Waals surface area contributed by atoms with Crippen LogP contribution in [0.15, 0.2) is 43.0 Å². The van der Waals surface area contributed by atoms with E-state index in [1.807, 2.05) is 10.8 Å². The molecule has 0 amide bonds. The number of aromatic nitrogens is 2. The van der Waals surface area contributed by atoms with Crippen LogP contribution in [0.25, 0.3) is 0 Å².